The van der Waals surface area contributed by atoms with E-state index in [0.29, 0.717) is 41.0 Å². The third-order valence-electron chi connectivity index (χ3n) is 5.91. The molecule has 0 saturated carbocycles. The fourth-order valence-electron chi connectivity index (χ4n) is 4.08. The van der Waals surface area contributed by atoms with Crippen LogP contribution in [0.2, 0.25) is 4.34 Å². The average Bonchev–Trinajstić information content (AvgIpc) is 3.36. The Morgan fingerprint density at radius 1 is 1.25 bits per heavy atom. The lowest BCUT2D eigenvalue weighted by atomic mass is 9.85. The van der Waals surface area contributed by atoms with Gasteiger partial charge in [-0.15, -0.1) is 11.3 Å². The van der Waals surface area contributed by atoms with Crippen LogP contribution in [-0.4, -0.2) is 62.8 Å². The molecule has 3 heterocycles. The van der Waals surface area contributed by atoms with Gasteiger partial charge in [0.2, 0.25) is 5.91 Å². The van der Waals surface area contributed by atoms with Crippen LogP contribution in [0.15, 0.2) is 16.3 Å². The molecule has 6 nitrogen and oxygen atoms in total. The number of nitrogens with zero attached hydrogens (tertiary/aromatic N) is 2. The van der Waals surface area contributed by atoms with E-state index in [0.717, 1.165) is 24.3 Å². The minimum atomic E-state index is -3.47. The highest BCUT2D eigenvalue weighted by atomic mass is 35.5. The third kappa shape index (κ3) is 5.48. The van der Waals surface area contributed by atoms with E-state index in [4.69, 9.17) is 11.6 Å². The van der Waals surface area contributed by atoms with E-state index in [1.54, 1.807) is 12.1 Å². The Hall–Kier alpha value is -0.670. The van der Waals surface area contributed by atoms with Crippen LogP contribution in [-0.2, 0) is 14.8 Å². The summed E-state index contributed by atoms with van der Waals surface area (Å²) in [5, 5.41) is 3.06. The van der Waals surface area contributed by atoms with Gasteiger partial charge in [0.25, 0.3) is 10.0 Å². The molecular formula is C19H30ClN3O3S2. The van der Waals surface area contributed by atoms with Crippen molar-refractivity contribution >= 4 is 38.9 Å². The van der Waals surface area contributed by atoms with E-state index >= 15 is 0 Å². The number of hydrogen-bond acceptors (Lipinski definition) is 5. The number of piperidine rings is 1. The first-order chi connectivity index (χ1) is 13.4. The van der Waals surface area contributed by atoms with Crippen LogP contribution < -0.4 is 5.32 Å². The monoisotopic (exact) mass is 447 g/mol. The van der Waals surface area contributed by atoms with E-state index in [9.17, 15) is 13.2 Å². The number of hydrogen-bond donors (Lipinski definition) is 1. The van der Waals surface area contributed by atoms with Crippen molar-refractivity contribution in [1.29, 1.82) is 0 Å². The van der Waals surface area contributed by atoms with Crippen LogP contribution >= 0.6 is 22.9 Å². The van der Waals surface area contributed by atoms with Crippen LogP contribution in [0.5, 0.6) is 0 Å². The molecule has 0 unspecified atom stereocenters. The normalized spacial score (nSPS) is 21.1. The van der Waals surface area contributed by atoms with Gasteiger partial charge in [-0.05, 0) is 69.8 Å². The minimum Gasteiger partial charge on any atom is -0.356 e. The van der Waals surface area contributed by atoms with Gasteiger partial charge in [-0.25, -0.2) is 8.42 Å². The smallest absolute Gasteiger partial charge is 0.252 e. The summed E-state index contributed by atoms with van der Waals surface area (Å²) >= 11 is 6.97. The highest BCUT2D eigenvalue weighted by Crippen LogP contribution is 2.32. The predicted molar refractivity (Wildman–Crippen MR) is 113 cm³/mol. The van der Waals surface area contributed by atoms with E-state index < -0.39 is 10.0 Å². The molecule has 2 saturated heterocycles. The van der Waals surface area contributed by atoms with Crippen molar-refractivity contribution in [2.75, 3.05) is 39.3 Å². The third-order valence-corrected chi connectivity index (χ3v) is 9.51. The number of carbonyl (C=O) groups excluding carboxylic acids is 1. The summed E-state index contributed by atoms with van der Waals surface area (Å²) in [6, 6.07) is 3.18. The van der Waals surface area contributed by atoms with E-state index in [-0.39, 0.29) is 17.7 Å². The molecule has 0 aromatic carbocycles. The Morgan fingerprint density at radius 3 is 2.54 bits per heavy atom. The fraction of sp³-hybridized carbons (Fsp3) is 0.737. The Labute approximate surface area is 177 Å². The molecule has 1 aromatic rings. The predicted octanol–water partition coefficient (Wildman–Crippen LogP) is 3.04. The zero-order chi connectivity index (χ0) is 20.1. The molecule has 158 valence electrons. The zero-order valence-electron chi connectivity index (χ0n) is 16.4. The quantitative estimate of drug-likeness (QED) is 0.622. The Kier molecular flexibility index (Phi) is 7.78. The van der Waals surface area contributed by atoms with E-state index in [1.807, 2.05) is 6.92 Å². The summed E-state index contributed by atoms with van der Waals surface area (Å²) in [7, 11) is -3.47. The Balaban J connectivity index is 1.41. The SMILES string of the molecule is C[C@@H](C(=O)NCCCN1CCCC1)C1CCN(S(=O)(=O)c2ccc(Cl)s2)CC1. The van der Waals surface area contributed by atoms with Crippen molar-refractivity contribution in [3.63, 3.8) is 0 Å². The van der Waals surface area contributed by atoms with Gasteiger partial charge in [0, 0.05) is 25.6 Å². The molecule has 1 aromatic heterocycles. The molecule has 2 aliphatic rings. The molecule has 2 fully saturated rings. The summed E-state index contributed by atoms with van der Waals surface area (Å²) in [5.41, 5.74) is 0. The summed E-state index contributed by atoms with van der Waals surface area (Å²) in [6.45, 7) is 7.00. The maximum absolute atomic E-state index is 12.7. The lowest BCUT2D eigenvalue weighted by Crippen LogP contribution is -2.42. The maximum atomic E-state index is 12.7. The second-order valence-corrected chi connectivity index (χ2v) is 11.7. The van der Waals surface area contributed by atoms with Gasteiger partial charge >= 0.3 is 0 Å². The molecule has 0 radical (unpaired) electrons. The van der Waals surface area contributed by atoms with Gasteiger partial charge in [-0.2, -0.15) is 4.31 Å². The van der Waals surface area contributed by atoms with Gasteiger partial charge in [0.15, 0.2) is 0 Å². The standard InChI is InChI=1S/C19H30ClN3O3S2/c1-15(19(24)21-9-4-12-22-10-2-3-11-22)16-7-13-23(14-8-16)28(25,26)18-6-5-17(20)27-18/h5-6,15-16H,2-4,7-14H2,1H3,(H,21,24)/t15-/m1/s1. The van der Waals surface area contributed by atoms with Crippen LogP contribution in [0.3, 0.4) is 0 Å². The second kappa shape index (κ2) is 9.89. The van der Waals surface area contributed by atoms with Gasteiger partial charge in [-0.3, -0.25) is 4.79 Å². The van der Waals surface area contributed by atoms with Crippen molar-refractivity contribution in [3.8, 4) is 0 Å². The molecule has 0 spiro atoms. The number of thiophene rings is 1. The van der Waals surface area contributed by atoms with Gasteiger partial charge in [0.1, 0.15) is 4.21 Å². The van der Waals surface area contributed by atoms with Crippen LogP contribution in [0.25, 0.3) is 0 Å². The topological polar surface area (TPSA) is 69.7 Å². The molecule has 9 heteroatoms. The van der Waals surface area contributed by atoms with Crippen molar-refractivity contribution in [2.24, 2.45) is 11.8 Å². The molecular weight excluding hydrogens is 418 g/mol. The van der Waals surface area contributed by atoms with Crippen LogP contribution in [0.4, 0.5) is 0 Å². The van der Waals surface area contributed by atoms with Crippen molar-refractivity contribution in [1.82, 2.24) is 14.5 Å². The average molecular weight is 448 g/mol. The molecule has 3 rings (SSSR count). The molecule has 2 aliphatic heterocycles. The van der Waals surface area contributed by atoms with E-state index in [2.05, 4.69) is 10.2 Å². The number of amides is 1. The number of sulfonamides is 1. The number of nitrogens with one attached hydrogen (secondary N) is 1. The van der Waals surface area contributed by atoms with Crippen LogP contribution in [0, 0.1) is 11.8 Å². The second-order valence-electron chi connectivity index (χ2n) is 7.78. The molecule has 1 N–H and O–H groups in total. The summed E-state index contributed by atoms with van der Waals surface area (Å²) in [5.74, 6) is 0.220. The van der Waals surface area contributed by atoms with E-state index in [1.165, 1.54) is 30.2 Å². The number of carbonyl (C=O) groups is 1. The number of halogens is 1. The first kappa shape index (κ1) is 22.0. The van der Waals surface area contributed by atoms with Crippen molar-refractivity contribution in [2.45, 2.75) is 43.2 Å². The molecule has 1 atom stereocenters. The summed E-state index contributed by atoms with van der Waals surface area (Å²) in [4.78, 5) is 14.9. The first-order valence-electron chi connectivity index (χ1n) is 10.1. The summed E-state index contributed by atoms with van der Waals surface area (Å²) in [6.07, 6.45) is 4.98. The van der Waals surface area contributed by atoms with Crippen molar-refractivity contribution in [3.05, 3.63) is 16.5 Å². The lowest BCUT2D eigenvalue weighted by molar-refractivity contribution is -0.126. The molecule has 0 bridgehead atoms. The number of likely N-dealkylation sites (tertiary alicyclic amines) is 1. The maximum Gasteiger partial charge on any atom is 0.252 e. The zero-order valence-corrected chi connectivity index (χ0v) is 18.8. The number of rotatable bonds is 8. The lowest BCUT2D eigenvalue weighted by Gasteiger charge is -2.33. The van der Waals surface area contributed by atoms with Gasteiger partial charge in [-0.1, -0.05) is 18.5 Å². The molecule has 0 aliphatic carbocycles. The van der Waals surface area contributed by atoms with Crippen LogP contribution in [0.1, 0.15) is 39.0 Å². The minimum absolute atomic E-state index is 0.0900. The Bertz CT molecular complexity index is 754. The highest BCUT2D eigenvalue weighted by molar-refractivity contribution is 7.91. The van der Waals surface area contributed by atoms with Crippen molar-refractivity contribution < 1.29 is 13.2 Å². The molecule has 28 heavy (non-hydrogen) atoms. The largest absolute Gasteiger partial charge is 0.356 e. The fourth-order valence-corrected chi connectivity index (χ4v) is 7.18. The first-order valence-corrected chi connectivity index (χ1v) is 12.8. The summed E-state index contributed by atoms with van der Waals surface area (Å²) < 4.78 is 27.7. The molecule has 1 amide bonds. The van der Waals surface area contributed by atoms with Gasteiger partial charge < -0.3 is 10.2 Å². The highest BCUT2D eigenvalue weighted by Gasteiger charge is 2.34. The Morgan fingerprint density at radius 2 is 1.93 bits per heavy atom. The van der Waals surface area contributed by atoms with Gasteiger partial charge in [0.05, 0.1) is 4.34 Å².